The summed E-state index contributed by atoms with van der Waals surface area (Å²) in [6.07, 6.45) is 7.61. The Balaban J connectivity index is 1.37. The topological polar surface area (TPSA) is 51.0 Å². The fourth-order valence-electron chi connectivity index (χ4n) is 4.29. The highest BCUT2D eigenvalue weighted by atomic mass is 32.1. The number of aromatic nitrogens is 3. The third-order valence-corrected chi connectivity index (χ3v) is 6.59. The average Bonchev–Trinajstić information content (AvgIpc) is 3.40. The number of amides is 1. The van der Waals surface area contributed by atoms with Crippen molar-refractivity contribution in [2.24, 2.45) is 5.41 Å². The Morgan fingerprint density at radius 3 is 2.92 bits per heavy atom. The van der Waals surface area contributed by atoms with Gasteiger partial charge < -0.3 is 9.47 Å². The molecule has 1 fully saturated rings. The van der Waals surface area contributed by atoms with Crippen LogP contribution in [0.15, 0.2) is 42.9 Å². The second kappa shape index (κ2) is 5.77. The number of thiophene rings is 1. The van der Waals surface area contributed by atoms with Crippen molar-refractivity contribution < 1.29 is 4.79 Å². The first kappa shape index (κ1) is 15.8. The lowest BCUT2D eigenvalue weighted by Gasteiger charge is -2.23. The summed E-state index contributed by atoms with van der Waals surface area (Å²) in [4.78, 5) is 25.8. The summed E-state index contributed by atoms with van der Waals surface area (Å²) in [7, 11) is 0. The van der Waals surface area contributed by atoms with E-state index in [9.17, 15) is 4.79 Å². The molecule has 1 spiro atoms. The van der Waals surface area contributed by atoms with Gasteiger partial charge in [-0.25, -0.2) is 4.98 Å². The average molecular weight is 364 g/mol. The van der Waals surface area contributed by atoms with Crippen molar-refractivity contribution in [2.45, 2.75) is 26.3 Å². The van der Waals surface area contributed by atoms with E-state index in [-0.39, 0.29) is 11.3 Å². The van der Waals surface area contributed by atoms with Crippen LogP contribution >= 0.6 is 11.3 Å². The zero-order valence-corrected chi connectivity index (χ0v) is 15.5. The summed E-state index contributed by atoms with van der Waals surface area (Å²) < 4.78 is 2.32. The molecule has 1 unspecified atom stereocenters. The monoisotopic (exact) mass is 364 g/mol. The maximum absolute atomic E-state index is 12.8. The van der Waals surface area contributed by atoms with E-state index in [0.29, 0.717) is 0 Å². The summed E-state index contributed by atoms with van der Waals surface area (Å²) >= 11 is 1.59. The predicted octanol–water partition coefficient (Wildman–Crippen LogP) is 3.40. The Kier molecular flexibility index (Phi) is 3.50. The van der Waals surface area contributed by atoms with Crippen LogP contribution in [0.25, 0.3) is 11.3 Å². The Morgan fingerprint density at radius 1 is 1.23 bits per heavy atom. The van der Waals surface area contributed by atoms with Gasteiger partial charge in [0.25, 0.3) is 5.91 Å². The van der Waals surface area contributed by atoms with Crippen molar-refractivity contribution in [1.29, 1.82) is 0 Å². The molecule has 1 atom stereocenters. The van der Waals surface area contributed by atoms with Gasteiger partial charge >= 0.3 is 0 Å². The number of fused-ring (bicyclic) bond motifs is 1. The van der Waals surface area contributed by atoms with Gasteiger partial charge in [0.05, 0.1) is 16.8 Å². The lowest BCUT2D eigenvalue weighted by atomic mass is 9.86. The quantitative estimate of drug-likeness (QED) is 0.700. The van der Waals surface area contributed by atoms with Crippen LogP contribution in [-0.2, 0) is 13.0 Å². The van der Waals surface area contributed by atoms with E-state index in [4.69, 9.17) is 0 Å². The molecule has 2 aliphatic heterocycles. The summed E-state index contributed by atoms with van der Waals surface area (Å²) in [5.74, 6) is 1.31. The van der Waals surface area contributed by atoms with Crippen LogP contribution in [0.4, 0.5) is 0 Å². The van der Waals surface area contributed by atoms with Gasteiger partial charge in [0.1, 0.15) is 5.82 Å². The number of hydrogen-bond acceptors (Lipinski definition) is 4. The van der Waals surface area contributed by atoms with Crippen LogP contribution in [-0.4, -0.2) is 38.4 Å². The van der Waals surface area contributed by atoms with Gasteiger partial charge in [-0.2, -0.15) is 0 Å². The van der Waals surface area contributed by atoms with E-state index >= 15 is 0 Å². The van der Waals surface area contributed by atoms with E-state index in [1.54, 1.807) is 17.5 Å². The molecule has 5 heterocycles. The van der Waals surface area contributed by atoms with Gasteiger partial charge in [-0.05, 0) is 37.6 Å². The molecule has 0 radical (unpaired) electrons. The molecule has 132 valence electrons. The van der Waals surface area contributed by atoms with Crippen LogP contribution in [0.3, 0.4) is 0 Å². The van der Waals surface area contributed by atoms with Crippen molar-refractivity contribution in [2.75, 3.05) is 13.1 Å². The van der Waals surface area contributed by atoms with Gasteiger partial charge in [-0.1, -0.05) is 0 Å². The molecule has 3 aromatic rings. The number of nitrogens with zero attached hydrogens (tertiary/aromatic N) is 4. The number of aryl methyl sites for hydroxylation is 1. The third kappa shape index (κ3) is 2.48. The molecule has 3 aromatic heterocycles. The first-order valence-electron chi connectivity index (χ1n) is 8.94. The van der Waals surface area contributed by atoms with Crippen molar-refractivity contribution in [3.63, 3.8) is 0 Å². The highest BCUT2D eigenvalue weighted by molar-refractivity contribution is 7.13. The zero-order chi connectivity index (χ0) is 17.7. The number of hydrogen-bond donors (Lipinski definition) is 0. The highest BCUT2D eigenvalue weighted by Crippen LogP contribution is 2.43. The van der Waals surface area contributed by atoms with Gasteiger partial charge in [-0.3, -0.25) is 9.78 Å². The Morgan fingerprint density at radius 2 is 2.15 bits per heavy atom. The number of carbonyl (C=O) groups excluding carboxylic acids is 1. The van der Waals surface area contributed by atoms with Gasteiger partial charge in [0.2, 0.25) is 0 Å². The number of rotatable bonds is 2. The van der Waals surface area contributed by atoms with E-state index < -0.39 is 0 Å². The van der Waals surface area contributed by atoms with Gasteiger partial charge in [0, 0.05) is 54.3 Å². The molecule has 0 aliphatic carbocycles. The van der Waals surface area contributed by atoms with Gasteiger partial charge in [-0.15, -0.1) is 11.3 Å². The van der Waals surface area contributed by atoms with Crippen LogP contribution in [0, 0.1) is 12.3 Å². The van der Waals surface area contributed by atoms with Crippen molar-refractivity contribution >= 4 is 17.2 Å². The number of likely N-dealkylation sites (tertiary alicyclic amines) is 1. The van der Waals surface area contributed by atoms with Crippen molar-refractivity contribution in [1.82, 2.24) is 19.4 Å². The van der Waals surface area contributed by atoms with Crippen molar-refractivity contribution in [3.05, 3.63) is 58.4 Å². The predicted molar refractivity (Wildman–Crippen MR) is 101 cm³/mol. The van der Waals surface area contributed by atoms with E-state index in [1.807, 2.05) is 42.4 Å². The Bertz CT molecular complexity index is 977. The Labute approximate surface area is 156 Å². The molecule has 1 amide bonds. The number of carbonyl (C=O) groups is 1. The smallest absolute Gasteiger partial charge is 0.263 e. The first-order valence-corrected chi connectivity index (χ1v) is 9.76. The summed E-state index contributed by atoms with van der Waals surface area (Å²) in [6, 6.07) is 8.01. The molecule has 0 aromatic carbocycles. The molecule has 5 rings (SSSR count). The van der Waals surface area contributed by atoms with Crippen LogP contribution < -0.4 is 0 Å². The first-order chi connectivity index (χ1) is 12.6. The minimum atomic E-state index is 0.127. The molecule has 1 saturated heterocycles. The number of pyridine rings is 1. The molecule has 0 N–H and O–H groups in total. The largest absolute Gasteiger partial charge is 0.337 e. The van der Waals surface area contributed by atoms with Crippen LogP contribution in [0.5, 0.6) is 0 Å². The number of imidazole rings is 1. The maximum atomic E-state index is 12.8. The highest BCUT2D eigenvalue weighted by Gasteiger charge is 2.45. The molecule has 6 heteroatoms. The van der Waals surface area contributed by atoms with Crippen molar-refractivity contribution in [3.8, 4) is 11.3 Å². The standard InChI is InChI=1S/C20H20N4OS/c1-14-4-5-17(26-14)19(25)23-8-6-20(12-23)9-18-22-11-16(24(18)13-20)15-3-2-7-21-10-15/h2-5,7,10-11H,6,8-9,12-13H2,1H3. The molecular weight excluding hydrogens is 344 g/mol. The summed E-state index contributed by atoms with van der Waals surface area (Å²) in [6.45, 7) is 4.63. The SMILES string of the molecule is Cc1ccc(C(=O)N2CCC3(Cc4ncc(-c5cccnc5)n4C3)C2)s1. The normalized spacial score (nSPS) is 21.5. The lowest BCUT2D eigenvalue weighted by Crippen LogP contribution is -2.32. The molecular formula is C20H20N4OS. The fraction of sp³-hybridized carbons (Fsp3) is 0.350. The molecule has 26 heavy (non-hydrogen) atoms. The van der Waals surface area contributed by atoms with E-state index in [1.165, 1.54) is 4.88 Å². The molecule has 0 bridgehead atoms. The summed E-state index contributed by atoms with van der Waals surface area (Å²) in [5, 5.41) is 0. The third-order valence-electron chi connectivity index (χ3n) is 5.60. The lowest BCUT2D eigenvalue weighted by molar-refractivity contribution is 0.0776. The zero-order valence-electron chi connectivity index (χ0n) is 14.7. The van der Waals surface area contributed by atoms with Crippen LogP contribution in [0.2, 0.25) is 0 Å². The minimum Gasteiger partial charge on any atom is -0.337 e. The maximum Gasteiger partial charge on any atom is 0.263 e. The Hall–Kier alpha value is -2.47. The van der Waals surface area contributed by atoms with E-state index in [0.717, 1.165) is 54.4 Å². The fourth-order valence-corrected chi connectivity index (χ4v) is 5.13. The second-order valence-electron chi connectivity index (χ2n) is 7.45. The minimum absolute atomic E-state index is 0.127. The van der Waals surface area contributed by atoms with Crippen LogP contribution in [0.1, 0.15) is 26.8 Å². The summed E-state index contributed by atoms with van der Waals surface area (Å²) in [5.41, 5.74) is 2.36. The molecule has 2 aliphatic rings. The molecule has 5 nitrogen and oxygen atoms in total. The molecule has 0 saturated carbocycles. The van der Waals surface area contributed by atoms with E-state index in [2.05, 4.69) is 20.6 Å². The second-order valence-corrected chi connectivity index (χ2v) is 8.74. The van der Waals surface area contributed by atoms with Gasteiger partial charge in [0.15, 0.2) is 0 Å².